The third-order valence-corrected chi connectivity index (χ3v) is 2.10. The number of aromatic nitrogens is 2. The molecule has 3 N–H and O–H groups in total. The Bertz CT molecular complexity index is 403. The molecule has 0 amide bonds. The third-order valence-electron chi connectivity index (χ3n) is 2.10. The molecule has 68 valence electrons. The summed E-state index contributed by atoms with van der Waals surface area (Å²) in [6.07, 6.45) is 2.72. The number of nitrogens with two attached hydrogens (primary N) is 1. The van der Waals surface area contributed by atoms with Crippen molar-refractivity contribution in [3.05, 3.63) is 30.0 Å². The Labute approximate surface area is 76.9 Å². The minimum atomic E-state index is 0.189. The average molecular weight is 175 g/mol. The van der Waals surface area contributed by atoms with Crippen LogP contribution >= 0.6 is 0 Å². The molecule has 0 radical (unpaired) electrons. The minimum absolute atomic E-state index is 0.189. The van der Waals surface area contributed by atoms with Gasteiger partial charge in [-0.3, -0.25) is 5.10 Å². The molecule has 2 rings (SSSR count). The highest BCUT2D eigenvalue weighted by atomic mass is 15.1. The first kappa shape index (κ1) is 8.26. The predicted octanol–water partition coefficient (Wildman–Crippen LogP) is 1.45. The maximum atomic E-state index is 5.75. The molecule has 2 aromatic rings. The Morgan fingerprint density at radius 3 is 3.15 bits per heavy atom. The molecule has 0 spiro atoms. The van der Waals surface area contributed by atoms with Gasteiger partial charge in [-0.05, 0) is 18.9 Å². The van der Waals surface area contributed by atoms with Crippen LogP contribution in [-0.2, 0) is 6.42 Å². The van der Waals surface area contributed by atoms with Gasteiger partial charge in [0.1, 0.15) is 0 Å². The van der Waals surface area contributed by atoms with Gasteiger partial charge in [0.15, 0.2) is 0 Å². The fourth-order valence-corrected chi connectivity index (χ4v) is 1.55. The molecule has 1 heterocycles. The molecule has 0 fully saturated rings. The molecule has 13 heavy (non-hydrogen) atoms. The smallest absolute Gasteiger partial charge is 0.0682 e. The standard InChI is InChI=1S/C10H13N3/c1-7(11)5-8-3-2-4-9-6-12-13-10(8)9/h2-4,6-7H,5,11H2,1H3,(H,12,13). The number of hydrogen-bond acceptors (Lipinski definition) is 2. The van der Waals surface area contributed by atoms with Crippen molar-refractivity contribution in [3.63, 3.8) is 0 Å². The highest BCUT2D eigenvalue weighted by Crippen LogP contribution is 2.16. The van der Waals surface area contributed by atoms with E-state index in [9.17, 15) is 0 Å². The van der Waals surface area contributed by atoms with Gasteiger partial charge in [-0.2, -0.15) is 5.10 Å². The monoisotopic (exact) mass is 175 g/mol. The Balaban J connectivity index is 2.48. The number of hydrogen-bond donors (Lipinski definition) is 2. The lowest BCUT2D eigenvalue weighted by molar-refractivity contribution is 0.740. The van der Waals surface area contributed by atoms with Gasteiger partial charge in [-0.15, -0.1) is 0 Å². The van der Waals surface area contributed by atoms with Crippen molar-refractivity contribution in [2.24, 2.45) is 5.73 Å². The second kappa shape index (κ2) is 3.18. The first-order chi connectivity index (χ1) is 6.27. The van der Waals surface area contributed by atoms with E-state index >= 15 is 0 Å². The highest BCUT2D eigenvalue weighted by Gasteiger charge is 2.03. The number of rotatable bonds is 2. The van der Waals surface area contributed by atoms with Crippen LogP contribution in [0, 0.1) is 0 Å². The summed E-state index contributed by atoms with van der Waals surface area (Å²) in [5.41, 5.74) is 8.10. The average Bonchev–Trinajstić information content (AvgIpc) is 2.51. The fourth-order valence-electron chi connectivity index (χ4n) is 1.55. The molecule has 1 aromatic carbocycles. The summed E-state index contributed by atoms with van der Waals surface area (Å²) in [4.78, 5) is 0. The van der Waals surface area contributed by atoms with E-state index in [1.807, 2.05) is 25.3 Å². The van der Waals surface area contributed by atoms with Gasteiger partial charge < -0.3 is 5.73 Å². The van der Waals surface area contributed by atoms with E-state index in [0.717, 1.165) is 17.3 Å². The molecule has 0 saturated heterocycles. The Morgan fingerprint density at radius 2 is 2.38 bits per heavy atom. The van der Waals surface area contributed by atoms with Gasteiger partial charge in [0, 0.05) is 11.4 Å². The molecule has 0 bridgehead atoms. The highest BCUT2D eigenvalue weighted by molar-refractivity contribution is 5.81. The number of H-pyrrole nitrogens is 1. The van der Waals surface area contributed by atoms with Crippen LogP contribution in [0.2, 0.25) is 0 Å². The molecule has 0 saturated carbocycles. The zero-order chi connectivity index (χ0) is 9.26. The number of nitrogens with zero attached hydrogens (tertiary/aromatic N) is 1. The lowest BCUT2D eigenvalue weighted by atomic mass is 10.1. The topological polar surface area (TPSA) is 54.7 Å². The number of para-hydroxylation sites is 1. The first-order valence-corrected chi connectivity index (χ1v) is 4.44. The molecule has 0 aliphatic heterocycles. The van der Waals surface area contributed by atoms with Gasteiger partial charge in [0.25, 0.3) is 0 Å². The van der Waals surface area contributed by atoms with Crippen molar-refractivity contribution in [1.82, 2.24) is 10.2 Å². The maximum Gasteiger partial charge on any atom is 0.0682 e. The van der Waals surface area contributed by atoms with Crippen LogP contribution in [0.4, 0.5) is 0 Å². The van der Waals surface area contributed by atoms with E-state index < -0.39 is 0 Å². The van der Waals surface area contributed by atoms with Crippen molar-refractivity contribution in [2.75, 3.05) is 0 Å². The minimum Gasteiger partial charge on any atom is -0.328 e. The lowest BCUT2D eigenvalue weighted by Crippen LogP contribution is -2.17. The van der Waals surface area contributed by atoms with Crippen LogP contribution in [0.15, 0.2) is 24.4 Å². The second-order valence-electron chi connectivity index (χ2n) is 3.43. The predicted molar refractivity (Wildman–Crippen MR) is 53.4 cm³/mol. The van der Waals surface area contributed by atoms with Gasteiger partial charge >= 0.3 is 0 Å². The summed E-state index contributed by atoms with van der Waals surface area (Å²) in [6, 6.07) is 6.36. The number of benzene rings is 1. The summed E-state index contributed by atoms with van der Waals surface area (Å²) >= 11 is 0. The van der Waals surface area contributed by atoms with E-state index in [0.29, 0.717) is 0 Å². The van der Waals surface area contributed by atoms with Crippen molar-refractivity contribution >= 4 is 10.9 Å². The van der Waals surface area contributed by atoms with Crippen LogP contribution in [0.5, 0.6) is 0 Å². The molecule has 1 aromatic heterocycles. The van der Waals surface area contributed by atoms with Gasteiger partial charge in [-0.25, -0.2) is 0 Å². The van der Waals surface area contributed by atoms with Crippen molar-refractivity contribution in [2.45, 2.75) is 19.4 Å². The fraction of sp³-hybridized carbons (Fsp3) is 0.300. The van der Waals surface area contributed by atoms with Gasteiger partial charge in [-0.1, -0.05) is 18.2 Å². The lowest BCUT2D eigenvalue weighted by Gasteiger charge is -2.05. The molecular formula is C10H13N3. The number of nitrogens with one attached hydrogen (secondary N) is 1. The summed E-state index contributed by atoms with van der Waals surface area (Å²) < 4.78 is 0. The quantitative estimate of drug-likeness (QED) is 0.725. The van der Waals surface area contributed by atoms with Crippen molar-refractivity contribution in [1.29, 1.82) is 0 Å². The van der Waals surface area contributed by atoms with E-state index in [2.05, 4.69) is 16.3 Å². The van der Waals surface area contributed by atoms with E-state index in [1.54, 1.807) is 0 Å². The van der Waals surface area contributed by atoms with E-state index in [1.165, 1.54) is 5.56 Å². The van der Waals surface area contributed by atoms with Crippen LogP contribution in [0.1, 0.15) is 12.5 Å². The number of fused-ring (bicyclic) bond motifs is 1. The molecule has 3 nitrogen and oxygen atoms in total. The molecule has 3 heteroatoms. The molecule has 1 atom stereocenters. The third kappa shape index (κ3) is 1.55. The van der Waals surface area contributed by atoms with Crippen LogP contribution in [0.3, 0.4) is 0 Å². The van der Waals surface area contributed by atoms with Crippen LogP contribution < -0.4 is 5.73 Å². The largest absolute Gasteiger partial charge is 0.328 e. The van der Waals surface area contributed by atoms with Crippen LogP contribution in [0.25, 0.3) is 10.9 Å². The van der Waals surface area contributed by atoms with Crippen molar-refractivity contribution < 1.29 is 0 Å². The summed E-state index contributed by atoms with van der Waals surface area (Å²) in [7, 11) is 0. The van der Waals surface area contributed by atoms with Gasteiger partial charge in [0.2, 0.25) is 0 Å². The van der Waals surface area contributed by atoms with Crippen molar-refractivity contribution in [3.8, 4) is 0 Å². The summed E-state index contributed by atoms with van der Waals surface area (Å²) in [6.45, 7) is 2.01. The Hall–Kier alpha value is -1.35. The SMILES string of the molecule is CC(N)Cc1cccc2cn[nH]c12. The second-order valence-corrected chi connectivity index (χ2v) is 3.43. The zero-order valence-corrected chi connectivity index (χ0v) is 7.62. The summed E-state index contributed by atoms with van der Waals surface area (Å²) in [5.74, 6) is 0. The Morgan fingerprint density at radius 1 is 1.54 bits per heavy atom. The normalized spacial score (nSPS) is 13.4. The maximum absolute atomic E-state index is 5.75. The molecule has 1 unspecified atom stereocenters. The van der Waals surface area contributed by atoms with E-state index in [4.69, 9.17) is 5.73 Å². The first-order valence-electron chi connectivity index (χ1n) is 4.44. The zero-order valence-electron chi connectivity index (χ0n) is 7.62. The number of aromatic amines is 1. The molecular weight excluding hydrogens is 162 g/mol. The van der Waals surface area contributed by atoms with Crippen LogP contribution in [-0.4, -0.2) is 16.2 Å². The summed E-state index contributed by atoms with van der Waals surface area (Å²) in [5, 5.41) is 8.14. The Kier molecular flexibility index (Phi) is 2.02. The molecule has 0 aliphatic rings. The van der Waals surface area contributed by atoms with Gasteiger partial charge in [0.05, 0.1) is 11.7 Å². The van der Waals surface area contributed by atoms with E-state index in [-0.39, 0.29) is 6.04 Å². The molecule has 0 aliphatic carbocycles.